The van der Waals surface area contributed by atoms with Crippen LogP contribution in [0.2, 0.25) is 0 Å². The van der Waals surface area contributed by atoms with Gasteiger partial charge < -0.3 is 25.5 Å². The van der Waals surface area contributed by atoms with Gasteiger partial charge in [-0.25, -0.2) is 0 Å². The number of methoxy groups -OCH3 is 1. The van der Waals surface area contributed by atoms with Crippen LogP contribution >= 0.6 is 0 Å². The van der Waals surface area contributed by atoms with Gasteiger partial charge in [-0.1, -0.05) is 37.6 Å². The Balaban J connectivity index is 2.23. The minimum Gasteiger partial charge on any atom is -0.390 e. The Bertz CT molecular complexity index is 1220. The number of amides is 2. The fourth-order valence-electron chi connectivity index (χ4n) is 4.63. The molecule has 3 rings (SSSR count). The van der Waals surface area contributed by atoms with Crippen molar-refractivity contribution in [1.29, 1.82) is 0 Å². The number of rotatable bonds is 10. The third-order valence-electron chi connectivity index (χ3n) is 7.59. The van der Waals surface area contributed by atoms with Gasteiger partial charge in [0.1, 0.15) is 12.1 Å². The van der Waals surface area contributed by atoms with Crippen molar-refractivity contribution in [3.8, 4) is 0 Å². The smallest absolute Gasteiger partial charge is 0.243 e. The zero-order valence-electron chi connectivity index (χ0n) is 23.5. The maximum atomic E-state index is 12.8. The Kier molecular flexibility index (Phi) is 8.40. The summed E-state index contributed by atoms with van der Waals surface area (Å²) in [7, 11) is 1.60. The summed E-state index contributed by atoms with van der Waals surface area (Å²) in [6.07, 6.45) is 4.82. The summed E-state index contributed by atoms with van der Waals surface area (Å²) in [6.45, 7) is 17.8. The van der Waals surface area contributed by atoms with E-state index in [1.807, 2.05) is 19.9 Å². The largest absolute Gasteiger partial charge is 0.390 e. The molecule has 0 bridgehead atoms. The first kappa shape index (κ1) is 28.7. The fourth-order valence-corrected chi connectivity index (χ4v) is 4.63. The SMILES string of the molecule is C=CC(C)(C)c1[nH]c2c(C[C@H](O)C(C)(C)OC)cc(CC=C(C)C)cc2c1C[C@H]1NC(=O)[C@@H](C)NC1=O. The summed E-state index contributed by atoms with van der Waals surface area (Å²) in [4.78, 5) is 28.8. The average molecular weight is 510 g/mol. The lowest BCUT2D eigenvalue weighted by molar-refractivity contribution is -0.136. The number of carbonyl (C=O) groups excluding carboxylic acids is 2. The van der Waals surface area contributed by atoms with Crippen molar-refractivity contribution in [1.82, 2.24) is 15.6 Å². The van der Waals surface area contributed by atoms with Gasteiger partial charge >= 0.3 is 0 Å². The van der Waals surface area contributed by atoms with Crippen LogP contribution in [0.4, 0.5) is 0 Å². The first-order valence-corrected chi connectivity index (χ1v) is 13.0. The predicted molar refractivity (Wildman–Crippen MR) is 149 cm³/mol. The average Bonchev–Trinajstić information content (AvgIpc) is 3.20. The number of nitrogens with one attached hydrogen (secondary N) is 3. The molecule has 0 unspecified atom stereocenters. The van der Waals surface area contributed by atoms with Crippen LogP contribution in [0.5, 0.6) is 0 Å². The standard InChI is InChI=1S/C30H43N3O4/c1-10-29(5,6)26-22(16-23-28(36)31-18(4)27(35)32-23)21-14-19(12-11-17(2)3)13-20(25(21)33-26)15-24(34)30(7,8)37-9/h10-11,13-14,18,23-24,33-34H,1,12,15-16H2,2-9H3,(H,31,36)(H,32,35)/t18-,23-,24+/m1/s1. The van der Waals surface area contributed by atoms with Gasteiger partial charge in [0, 0.05) is 42.0 Å². The number of fused-ring (bicyclic) bond motifs is 1. The van der Waals surface area contributed by atoms with Gasteiger partial charge in [-0.3, -0.25) is 9.59 Å². The minimum atomic E-state index is -0.730. The normalized spacial score (nSPS) is 19.4. The van der Waals surface area contributed by atoms with Crippen LogP contribution in [0.3, 0.4) is 0 Å². The number of carbonyl (C=O) groups is 2. The second kappa shape index (κ2) is 10.8. The molecule has 2 heterocycles. The number of H-pyrrole nitrogens is 1. The van der Waals surface area contributed by atoms with Crippen molar-refractivity contribution in [3.63, 3.8) is 0 Å². The van der Waals surface area contributed by atoms with E-state index in [1.54, 1.807) is 14.0 Å². The van der Waals surface area contributed by atoms with Crippen LogP contribution < -0.4 is 10.6 Å². The molecule has 3 atom stereocenters. The number of allylic oxidation sites excluding steroid dienone is 3. The molecule has 0 spiro atoms. The Morgan fingerprint density at radius 2 is 1.84 bits per heavy atom. The number of hydrogen-bond acceptors (Lipinski definition) is 4. The van der Waals surface area contributed by atoms with Crippen molar-refractivity contribution in [3.05, 3.63) is 58.8 Å². The summed E-state index contributed by atoms with van der Waals surface area (Å²) in [5, 5.41) is 17.7. The third kappa shape index (κ3) is 6.16. The van der Waals surface area contributed by atoms with Gasteiger partial charge in [0.05, 0.1) is 11.7 Å². The van der Waals surface area contributed by atoms with E-state index in [0.717, 1.165) is 39.7 Å². The van der Waals surface area contributed by atoms with Gasteiger partial charge in [0.2, 0.25) is 11.8 Å². The van der Waals surface area contributed by atoms with E-state index in [0.29, 0.717) is 12.8 Å². The monoisotopic (exact) mass is 509 g/mol. The number of aliphatic hydroxyl groups excluding tert-OH is 1. The quantitative estimate of drug-likeness (QED) is 0.363. The molecule has 7 nitrogen and oxygen atoms in total. The molecule has 0 aliphatic carbocycles. The van der Waals surface area contributed by atoms with E-state index < -0.39 is 29.2 Å². The van der Waals surface area contributed by atoms with Gasteiger partial charge in [-0.05, 0) is 63.8 Å². The Morgan fingerprint density at radius 1 is 1.16 bits per heavy atom. The highest BCUT2D eigenvalue weighted by molar-refractivity contribution is 5.97. The second-order valence-electron chi connectivity index (χ2n) is 11.6. The molecule has 1 aliphatic rings. The van der Waals surface area contributed by atoms with Crippen molar-refractivity contribution in [2.24, 2.45) is 0 Å². The topological polar surface area (TPSA) is 103 Å². The Morgan fingerprint density at radius 3 is 2.43 bits per heavy atom. The molecule has 1 aromatic heterocycles. The van der Waals surface area contributed by atoms with Gasteiger partial charge in [0.25, 0.3) is 0 Å². The molecule has 7 heteroatoms. The molecule has 1 saturated heterocycles. The van der Waals surface area contributed by atoms with Crippen LogP contribution in [-0.4, -0.2) is 52.8 Å². The number of piperazine rings is 1. The van der Waals surface area contributed by atoms with E-state index in [1.165, 1.54) is 5.57 Å². The lowest BCUT2D eigenvalue weighted by atomic mass is 9.84. The van der Waals surface area contributed by atoms with E-state index in [-0.39, 0.29) is 11.8 Å². The summed E-state index contributed by atoms with van der Waals surface area (Å²) < 4.78 is 5.56. The maximum Gasteiger partial charge on any atom is 0.243 e. The zero-order chi connectivity index (χ0) is 27.7. The second-order valence-corrected chi connectivity index (χ2v) is 11.6. The first-order valence-electron chi connectivity index (χ1n) is 13.0. The van der Waals surface area contributed by atoms with Crippen molar-refractivity contribution < 1.29 is 19.4 Å². The molecule has 0 radical (unpaired) electrons. The first-order chi connectivity index (χ1) is 17.2. The van der Waals surface area contributed by atoms with E-state index >= 15 is 0 Å². The van der Waals surface area contributed by atoms with E-state index in [9.17, 15) is 14.7 Å². The number of aromatic nitrogens is 1. The number of aromatic amines is 1. The number of aliphatic hydroxyl groups is 1. The van der Waals surface area contributed by atoms with Gasteiger partial charge in [-0.15, -0.1) is 6.58 Å². The van der Waals surface area contributed by atoms with Crippen LogP contribution in [0.1, 0.15) is 70.9 Å². The van der Waals surface area contributed by atoms with Crippen molar-refractivity contribution in [2.75, 3.05) is 7.11 Å². The number of hydrogen-bond donors (Lipinski definition) is 4. The molecule has 2 amide bonds. The highest BCUT2D eigenvalue weighted by atomic mass is 16.5. The summed E-state index contributed by atoms with van der Waals surface area (Å²) in [5.41, 5.74) is 5.00. The summed E-state index contributed by atoms with van der Waals surface area (Å²) in [6, 6.07) is 3.07. The molecule has 2 aromatic rings. The predicted octanol–water partition coefficient (Wildman–Crippen LogP) is 4.01. The Labute approximate surface area is 220 Å². The molecule has 1 aliphatic heterocycles. The van der Waals surface area contributed by atoms with Crippen LogP contribution in [0, 0.1) is 0 Å². The van der Waals surface area contributed by atoms with Crippen LogP contribution in [0.25, 0.3) is 10.9 Å². The van der Waals surface area contributed by atoms with E-state index in [2.05, 4.69) is 68.1 Å². The fraction of sp³-hybridized carbons (Fsp3) is 0.533. The summed E-state index contributed by atoms with van der Waals surface area (Å²) in [5.74, 6) is -0.383. The van der Waals surface area contributed by atoms with E-state index in [4.69, 9.17) is 4.74 Å². The molecule has 1 aromatic carbocycles. The minimum absolute atomic E-state index is 0.191. The van der Waals surface area contributed by atoms with Gasteiger partial charge in [0.15, 0.2) is 0 Å². The Hall–Kier alpha value is -2.90. The highest BCUT2D eigenvalue weighted by Gasteiger charge is 2.35. The molecular formula is C30H43N3O4. The molecule has 4 N–H and O–H groups in total. The van der Waals surface area contributed by atoms with Crippen LogP contribution in [0.15, 0.2) is 36.4 Å². The van der Waals surface area contributed by atoms with Gasteiger partial charge in [-0.2, -0.15) is 0 Å². The lowest BCUT2D eigenvalue weighted by Gasteiger charge is -2.29. The van der Waals surface area contributed by atoms with Crippen molar-refractivity contribution >= 4 is 22.7 Å². The molecule has 37 heavy (non-hydrogen) atoms. The lowest BCUT2D eigenvalue weighted by Crippen LogP contribution is -2.61. The van der Waals surface area contributed by atoms with Crippen molar-refractivity contribution in [2.45, 2.75) is 96.9 Å². The maximum absolute atomic E-state index is 12.8. The molecule has 202 valence electrons. The molecular weight excluding hydrogens is 466 g/mol. The zero-order valence-corrected chi connectivity index (χ0v) is 23.5. The number of benzene rings is 1. The molecule has 1 fully saturated rings. The van der Waals surface area contributed by atoms with Crippen LogP contribution in [-0.2, 0) is 39.0 Å². The third-order valence-corrected chi connectivity index (χ3v) is 7.59. The highest BCUT2D eigenvalue weighted by Crippen LogP contribution is 2.36. The summed E-state index contributed by atoms with van der Waals surface area (Å²) >= 11 is 0. The molecule has 0 saturated carbocycles. The number of ether oxygens (including phenoxy) is 1.